The van der Waals surface area contributed by atoms with Gasteiger partial charge in [0.05, 0.1) is 12.0 Å². The Morgan fingerprint density at radius 2 is 2.06 bits per heavy atom. The van der Waals surface area contributed by atoms with Crippen LogP contribution in [0.4, 0.5) is 0 Å². The lowest BCUT2D eigenvalue weighted by Gasteiger charge is -2.24. The summed E-state index contributed by atoms with van der Waals surface area (Å²) in [6.07, 6.45) is 5.71. The van der Waals surface area contributed by atoms with Crippen LogP contribution in [0.5, 0.6) is 0 Å². The van der Waals surface area contributed by atoms with Crippen molar-refractivity contribution in [1.82, 2.24) is 0 Å². The third kappa shape index (κ3) is 3.22. The lowest BCUT2D eigenvalue weighted by atomic mass is 9.89. The molecule has 0 aliphatic carbocycles. The summed E-state index contributed by atoms with van der Waals surface area (Å²) < 4.78 is 5.57. The molecule has 0 amide bonds. The zero-order chi connectivity index (χ0) is 12.0. The summed E-state index contributed by atoms with van der Waals surface area (Å²) >= 11 is 0. The summed E-state index contributed by atoms with van der Waals surface area (Å²) in [7, 11) is 0. The number of carbonyl (C=O) groups is 1. The molecule has 84 valence electrons. The largest absolute Gasteiger partial charge is 0.360 e. The fourth-order valence-electron chi connectivity index (χ4n) is 1.29. The minimum absolute atomic E-state index is 0.424. The van der Waals surface area contributed by atoms with Crippen LogP contribution in [0.15, 0.2) is 30.3 Å². The van der Waals surface area contributed by atoms with Gasteiger partial charge in [-0.05, 0) is 19.4 Å². The molecule has 0 aliphatic rings. The van der Waals surface area contributed by atoms with E-state index in [2.05, 4.69) is 5.92 Å². The van der Waals surface area contributed by atoms with Crippen molar-refractivity contribution in [1.29, 1.82) is 0 Å². The fraction of sp³-hybridized carbons (Fsp3) is 0.357. The molecule has 0 bridgehead atoms. The van der Waals surface area contributed by atoms with Crippen molar-refractivity contribution in [3.05, 3.63) is 35.9 Å². The van der Waals surface area contributed by atoms with Crippen LogP contribution in [-0.2, 0) is 16.1 Å². The monoisotopic (exact) mass is 216 g/mol. The average molecular weight is 216 g/mol. The third-order valence-corrected chi connectivity index (χ3v) is 2.39. The molecule has 0 saturated carbocycles. The van der Waals surface area contributed by atoms with Crippen molar-refractivity contribution in [2.75, 3.05) is 0 Å². The van der Waals surface area contributed by atoms with E-state index in [1.165, 1.54) is 0 Å². The first-order chi connectivity index (χ1) is 7.60. The van der Waals surface area contributed by atoms with Crippen LogP contribution in [0, 0.1) is 17.8 Å². The zero-order valence-corrected chi connectivity index (χ0v) is 9.64. The topological polar surface area (TPSA) is 26.3 Å². The first kappa shape index (κ1) is 12.5. The standard InChI is InChI=1S/C14H16O2/c1-4-13(14(2,3)11-15)16-10-12-8-6-5-7-9-12/h1,5-9,11,13H,10H2,2-3H3. The van der Waals surface area contributed by atoms with Gasteiger partial charge >= 0.3 is 0 Å². The number of carbonyl (C=O) groups excluding carboxylic acids is 1. The van der Waals surface area contributed by atoms with Gasteiger partial charge in [0.1, 0.15) is 12.4 Å². The van der Waals surface area contributed by atoms with Gasteiger partial charge in [-0.2, -0.15) is 0 Å². The number of rotatable bonds is 5. The highest BCUT2D eigenvalue weighted by atomic mass is 16.5. The number of aldehydes is 1. The second-order valence-corrected chi connectivity index (χ2v) is 4.28. The van der Waals surface area contributed by atoms with Gasteiger partial charge in [0.2, 0.25) is 0 Å². The molecule has 1 atom stereocenters. The second kappa shape index (κ2) is 5.48. The molecular formula is C14H16O2. The fourth-order valence-corrected chi connectivity index (χ4v) is 1.29. The molecule has 16 heavy (non-hydrogen) atoms. The van der Waals surface area contributed by atoms with E-state index in [4.69, 9.17) is 11.2 Å². The Balaban J connectivity index is 2.60. The maximum Gasteiger partial charge on any atom is 0.130 e. The van der Waals surface area contributed by atoms with E-state index in [9.17, 15) is 4.79 Å². The lowest BCUT2D eigenvalue weighted by molar-refractivity contribution is -0.120. The molecule has 2 nitrogen and oxygen atoms in total. The minimum atomic E-state index is -0.649. The van der Waals surface area contributed by atoms with E-state index < -0.39 is 11.5 Å². The normalized spacial score (nSPS) is 12.8. The van der Waals surface area contributed by atoms with Gasteiger partial charge in [-0.15, -0.1) is 6.42 Å². The van der Waals surface area contributed by atoms with E-state index in [1.54, 1.807) is 13.8 Å². The highest BCUT2D eigenvalue weighted by Crippen LogP contribution is 2.21. The Morgan fingerprint density at radius 1 is 1.44 bits per heavy atom. The van der Waals surface area contributed by atoms with Gasteiger partial charge in [0.25, 0.3) is 0 Å². The first-order valence-corrected chi connectivity index (χ1v) is 5.18. The Hall–Kier alpha value is -1.59. The maximum absolute atomic E-state index is 10.9. The van der Waals surface area contributed by atoms with Gasteiger partial charge in [0, 0.05) is 0 Å². The summed E-state index contributed by atoms with van der Waals surface area (Å²) in [6, 6.07) is 9.74. The Kier molecular flexibility index (Phi) is 4.28. The molecular weight excluding hydrogens is 200 g/mol. The van der Waals surface area contributed by atoms with Gasteiger partial charge in [-0.25, -0.2) is 0 Å². The molecule has 0 spiro atoms. The van der Waals surface area contributed by atoms with Crippen LogP contribution in [0.2, 0.25) is 0 Å². The summed E-state index contributed by atoms with van der Waals surface area (Å²) in [5.74, 6) is 2.51. The molecule has 0 radical (unpaired) electrons. The van der Waals surface area contributed by atoms with Gasteiger partial charge in [-0.1, -0.05) is 36.3 Å². The maximum atomic E-state index is 10.9. The molecule has 0 heterocycles. The Labute approximate surface area is 96.6 Å². The number of ether oxygens (including phenoxy) is 1. The predicted molar refractivity (Wildman–Crippen MR) is 63.7 cm³/mol. The Bertz CT molecular complexity index is 373. The highest BCUT2D eigenvalue weighted by molar-refractivity contribution is 5.60. The minimum Gasteiger partial charge on any atom is -0.360 e. The van der Waals surface area contributed by atoms with E-state index >= 15 is 0 Å². The molecule has 1 unspecified atom stereocenters. The molecule has 0 saturated heterocycles. The first-order valence-electron chi connectivity index (χ1n) is 5.18. The summed E-state index contributed by atoms with van der Waals surface area (Å²) in [4.78, 5) is 10.9. The smallest absolute Gasteiger partial charge is 0.130 e. The van der Waals surface area contributed by atoms with E-state index in [-0.39, 0.29) is 0 Å². The van der Waals surface area contributed by atoms with E-state index in [0.29, 0.717) is 6.61 Å². The van der Waals surface area contributed by atoms with Crippen molar-refractivity contribution in [2.24, 2.45) is 5.41 Å². The zero-order valence-electron chi connectivity index (χ0n) is 9.64. The lowest BCUT2D eigenvalue weighted by Crippen LogP contribution is -2.32. The van der Waals surface area contributed by atoms with Crippen LogP contribution < -0.4 is 0 Å². The van der Waals surface area contributed by atoms with Crippen molar-refractivity contribution >= 4 is 6.29 Å². The quantitative estimate of drug-likeness (QED) is 0.558. The second-order valence-electron chi connectivity index (χ2n) is 4.28. The van der Waals surface area contributed by atoms with Crippen LogP contribution >= 0.6 is 0 Å². The summed E-state index contributed by atoms with van der Waals surface area (Å²) in [5.41, 5.74) is 0.397. The molecule has 2 heteroatoms. The molecule has 0 aromatic heterocycles. The molecule has 0 N–H and O–H groups in total. The average Bonchev–Trinajstić information content (AvgIpc) is 2.31. The number of benzene rings is 1. The molecule has 1 aromatic carbocycles. The van der Waals surface area contributed by atoms with Crippen molar-refractivity contribution < 1.29 is 9.53 Å². The SMILES string of the molecule is C#CC(OCc1ccccc1)C(C)(C)C=O. The highest BCUT2D eigenvalue weighted by Gasteiger charge is 2.28. The van der Waals surface area contributed by atoms with Crippen molar-refractivity contribution in [3.63, 3.8) is 0 Å². The van der Waals surface area contributed by atoms with Crippen LogP contribution in [0.3, 0.4) is 0 Å². The van der Waals surface area contributed by atoms with Gasteiger partial charge < -0.3 is 9.53 Å². The molecule has 0 aliphatic heterocycles. The van der Waals surface area contributed by atoms with Crippen molar-refractivity contribution in [2.45, 2.75) is 26.6 Å². The number of terminal acetylenes is 1. The number of hydrogen-bond acceptors (Lipinski definition) is 2. The van der Waals surface area contributed by atoms with Gasteiger partial charge in [0.15, 0.2) is 0 Å². The molecule has 0 fully saturated rings. The molecule has 1 aromatic rings. The predicted octanol–water partition coefficient (Wildman–Crippen LogP) is 2.43. The summed E-state index contributed by atoms with van der Waals surface area (Å²) in [5, 5.41) is 0. The van der Waals surface area contributed by atoms with E-state index in [0.717, 1.165) is 11.8 Å². The van der Waals surface area contributed by atoms with Crippen molar-refractivity contribution in [3.8, 4) is 12.3 Å². The van der Waals surface area contributed by atoms with Crippen LogP contribution in [0.25, 0.3) is 0 Å². The number of hydrogen-bond donors (Lipinski definition) is 0. The Morgan fingerprint density at radius 3 is 2.56 bits per heavy atom. The summed E-state index contributed by atoms with van der Waals surface area (Å²) in [6.45, 7) is 3.97. The van der Waals surface area contributed by atoms with E-state index in [1.807, 2.05) is 30.3 Å². The molecule has 1 rings (SSSR count). The van der Waals surface area contributed by atoms with Gasteiger partial charge in [-0.3, -0.25) is 0 Å². The third-order valence-electron chi connectivity index (χ3n) is 2.39. The van der Waals surface area contributed by atoms with Crippen LogP contribution in [0.1, 0.15) is 19.4 Å². The van der Waals surface area contributed by atoms with Crippen LogP contribution in [-0.4, -0.2) is 12.4 Å².